The number of hydrogen-bond acceptors (Lipinski definition) is 4. The zero-order chi connectivity index (χ0) is 20.5. The molecule has 0 aliphatic carbocycles. The van der Waals surface area contributed by atoms with Gasteiger partial charge in [0.25, 0.3) is 0 Å². The summed E-state index contributed by atoms with van der Waals surface area (Å²) < 4.78 is 12.1. The van der Waals surface area contributed by atoms with Crippen molar-refractivity contribution in [2.24, 2.45) is 0 Å². The molecular formula is C23H29BrN2O3. The van der Waals surface area contributed by atoms with Crippen LogP contribution in [0.2, 0.25) is 0 Å². The number of nitrogens with zero attached hydrogens (tertiary/aromatic N) is 2. The van der Waals surface area contributed by atoms with Gasteiger partial charge in [-0.2, -0.15) is 0 Å². The highest BCUT2D eigenvalue weighted by Crippen LogP contribution is 2.16. The van der Waals surface area contributed by atoms with E-state index < -0.39 is 0 Å². The van der Waals surface area contributed by atoms with E-state index >= 15 is 0 Å². The fourth-order valence-corrected chi connectivity index (χ4v) is 3.73. The average Bonchev–Trinajstić information content (AvgIpc) is 3.00. The number of carbonyl (C=O) groups is 1. The van der Waals surface area contributed by atoms with E-state index in [4.69, 9.17) is 9.47 Å². The molecule has 1 saturated heterocycles. The van der Waals surface area contributed by atoms with Crippen molar-refractivity contribution >= 4 is 21.8 Å². The quantitative estimate of drug-likeness (QED) is 0.596. The van der Waals surface area contributed by atoms with Crippen LogP contribution in [0.4, 0.5) is 0 Å². The second kappa shape index (κ2) is 11.2. The van der Waals surface area contributed by atoms with Crippen molar-refractivity contribution in [3.63, 3.8) is 0 Å². The Balaban J connectivity index is 1.37. The van der Waals surface area contributed by atoms with E-state index in [1.165, 1.54) is 5.56 Å². The van der Waals surface area contributed by atoms with Crippen LogP contribution in [-0.2, 0) is 11.2 Å². The zero-order valence-electron chi connectivity index (χ0n) is 17.0. The summed E-state index contributed by atoms with van der Waals surface area (Å²) in [6, 6.07) is 15.8. The Kier molecular flexibility index (Phi) is 8.38. The monoisotopic (exact) mass is 460 g/mol. The van der Waals surface area contributed by atoms with E-state index in [2.05, 4.69) is 20.8 Å². The average molecular weight is 461 g/mol. The molecule has 6 heteroatoms. The highest BCUT2D eigenvalue weighted by atomic mass is 79.9. The molecule has 2 aromatic rings. The van der Waals surface area contributed by atoms with Gasteiger partial charge in [0.05, 0.1) is 7.11 Å². The van der Waals surface area contributed by atoms with Crippen molar-refractivity contribution in [2.45, 2.75) is 19.3 Å². The number of aryl methyl sites for hydroxylation is 1. The van der Waals surface area contributed by atoms with E-state index in [0.29, 0.717) is 13.0 Å². The van der Waals surface area contributed by atoms with Crippen molar-refractivity contribution in [3.8, 4) is 11.5 Å². The fourth-order valence-electron chi connectivity index (χ4n) is 3.47. The molecule has 0 spiro atoms. The van der Waals surface area contributed by atoms with E-state index in [1.54, 1.807) is 7.11 Å². The van der Waals surface area contributed by atoms with Gasteiger partial charge in [0.1, 0.15) is 18.1 Å². The van der Waals surface area contributed by atoms with E-state index in [9.17, 15) is 4.79 Å². The molecular weight excluding hydrogens is 432 g/mol. The van der Waals surface area contributed by atoms with Gasteiger partial charge in [0, 0.05) is 43.6 Å². The van der Waals surface area contributed by atoms with Crippen LogP contribution in [0, 0.1) is 0 Å². The standard InChI is InChI=1S/C23H29BrN2O3/c1-28-21-8-3-19(4-9-21)5-12-23(27)26-14-2-13-25(15-16-26)17-18-29-22-10-6-20(24)7-11-22/h3-4,6-11H,2,5,12-18H2,1H3. The lowest BCUT2D eigenvalue weighted by molar-refractivity contribution is -0.131. The van der Waals surface area contributed by atoms with Gasteiger partial charge in [0.15, 0.2) is 0 Å². The Morgan fingerprint density at radius 2 is 1.69 bits per heavy atom. The molecule has 1 heterocycles. The number of carbonyl (C=O) groups excluding carboxylic acids is 1. The van der Waals surface area contributed by atoms with Gasteiger partial charge >= 0.3 is 0 Å². The molecule has 0 aromatic heterocycles. The Morgan fingerprint density at radius 1 is 0.966 bits per heavy atom. The van der Waals surface area contributed by atoms with Crippen molar-refractivity contribution < 1.29 is 14.3 Å². The van der Waals surface area contributed by atoms with E-state index in [0.717, 1.165) is 61.5 Å². The second-order valence-electron chi connectivity index (χ2n) is 7.23. The van der Waals surface area contributed by atoms with Crippen LogP contribution in [0.3, 0.4) is 0 Å². The predicted octanol–water partition coefficient (Wildman–Crippen LogP) is 4.00. The summed E-state index contributed by atoms with van der Waals surface area (Å²) in [4.78, 5) is 17.0. The van der Waals surface area contributed by atoms with Gasteiger partial charge < -0.3 is 14.4 Å². The second-order valence-corrected chi connectivity index (χ2v) is 8.14. The largest absolute Gasteiger partial charge is 0.497 e. The molecule has 156 valence electrons. The summed E-state index contributed by atoms with van der Waals surface area (Å²) in [5.74, 6) is 1.98. The van der Waals surface area contributed by atoms with Crippen LogP contribution in [-0.4, -0.2) is 62.1 Å². The molecule has 0 radical (unpaired) electrons. The minimum Gasteiger partial charge on any atom is -0.497 e. The maximum atomic E-state index is 12.6. The molecule has 0 saturated carbocycles. The number of rotatable bonds is 8. The van der Waals surface area contributed by atoms with Crippen molar-refractivity contribution in [2.75, 3.05) is 46.4 Å². The first-order valence-electron chi connectivity index (χ1n) is 10.2. The first kappa shape index (κ1) is 21.7. The van der Waals surface area contributed by atoms with Crippen LogP contribution in [0.15, 0.2) is 53.0 Å². The van der Waals surface area contributed by atoms with Crippen molar-refractivity contribution in [1.29, 1.82) is 0 Å². The van der Waals surface area contributed by atoms with E-state index in [1.807, 2.05) is 53.4 Å². The Morgan fingerprint density at radius 3 is 2.41 bits per heavy atom. The molecule has 1 fully saturated rings. The predicted molar refractivity (Wildman–Crippen MR) is 119 cm³/mol. The Bertz CT molecular complexity index is 765. The highest BCUT2D eigenvalue weighted by Gasteiger charge is 2.18. The maximum Gasteiger partial charge on any atom is 0.222 e. The highest BCUT2D eigenvalue weighted by molar-refractivity contribution is 9.10. The van der Waals surface area contributed by atoms with E-state index in [-0.39, 0.29) is 5.91 Å². The van der Waals surface area contributed by atoms with Gasteiger partial charge in [-0.15, -0.1) is 0 Å². The SMILES string of the molecule is COc1ccc(CCC(=O)N2CCCN(CCOc3ccc(Br)cc3)CC2)cc1. The van der Waals surface area contributed by atoms with Gasteiger partial charge in [-0.3, -0.25) is 9.69 Å². The molecule has 0 atom stereocenters. The molecule has 5 nitrogen and oxygen atoms in total. The lowest BCUT2D eigenvalue weighted by Gasteiger charge is -2.22. The summed E-state index contributed by atoms with van der Waals surface area (Å²) in [5, 5.41) is 0. The number of amides is 1. The van der Waals surface area contributed by atoms with Crippen LogP contribution in [0.1, 0.15) is 18.4 Å². The third-order valence-electron chi connectivity index (χ3n) is 5.22. The number of benzene rings is 2. The number of hydrogen-bond donors (Lipinski definition) is 0. The zero-order valence-corrected chi connectivity index (χ0v) is 18.6. The molecule has 29 heavy (non-hydrogen) atoms. The van der Waals surface area contributed by atoms with Gasteiger partial charge in [-0.1, -0.05) is 28.1 Å². The Labute approximate surface area is 181 Å². The molecule has 0 bridgehead atoms. The fraction of sp³-hybridized carbons (Fsp3) is 0.435. The summed E-state index contributed by atoms with van der Waals surface area (Å²) in [6.07, 6.45) is 2.33. The van der Waals surface area contributed by atoms with Crippen LogP contribution in [0.25, 0.3) is 0 Å². The summed E-state index contributed by atoms with van der Waals surface area (Å²) in [6.45, 7) is 5.08. The van der Waals surface area contributed by atoms with Crippen LogP contribution >= 0.6 is 15.9 Å². The smallest absolute Gasteiger partial charge is 0.222 e. The first-order chi connectivity index (χ1) is 14.1. The molecule has 1 aliphatic heterocycles. The molecule has 1 aliphatic rings. The van der Waals surface area contributed by atoms with Gasteiger partial charge in [-0.05, 0) is 54.8 Å². The Hall–Kier alpha value is -2.05. The third kappa shape index (κ3) is 7.05. The minimum atomic E-state index is 0.244. The van der Waals surface area contributed by atoms with Crippen LogP contribution < -0.4 is 9.47 Å². The van der Waals surface area contributed by atoms with Gasteiger partial charge in [0.2, 0.25) is 5.91 Å². The van der Waals surface area contributed by atoms with Crippen LogP contribution in [0.5, 0.6) is 11.5 Å². The van der Waals surface area contributed by atoms with Crippen molar-refractivity contribution in [3.05, 3.63) is 58.6 Å². The van der Waals surface area contributed by atoms with Gasteiger partial charge in [-0.25, -0.2) is 0 Å². The lowest BCUT2D eigenvalue weighted by Crippen LogP contribution is -2.36. The molecule has 0 N–H and O–H groups in total. The first-order valence-corrected chi connectivity index (χ1v) is 10.9. The topological polar surface area (TPSA) is 42.0 Å². The lowest BCUT2D eigenvalue weighted by atomic mass is 10.1. The summed E-state index contributed by atoms with van der Waals surface area (Å²) >= 11 is 3.43. The maximum absolute atomic E-state index is 12.6. The molecule has 1 amide bonds. The number of methoxy groups -OCH3 is 1. The number of ether oxygens (including phenoxy) is 2. The molecule has 3 rings (SSSR count). The summed E-state index contributed by atoms with van der Waals surface area (Å²) in [5.41, 5.74) is 1.17. The minimum absolute atomic E-state index is 0.244. The van der Waals surface area contributed by atoms with Crippen molar-refractivity contribution in [1.82, 2.24) is 9.80 Å². The molecule has 0 unspecified atom stereocenters. The normalized spacial score (nSPS) is 15.0. The number of halogens is 1. The summed E-state index contributed by atoms with van der Waals surface area (Å²) in [7, 11) is 1.66. The third-order valence-corrected chi connectivity index (χ3v) is 5.75. The molecule has 2 aromatic carbocycles.